The first kappa shape index (κ1) is 16.1. The highest BCUT2D eigenvalue weighted by Gasteiger charge is 2.18. The third-order valence-corrected chi connectivity index (χ3v) is 3.49. The molecule has 3 N–H and O–H groups in total. The van der Waals surface area contributed by atoms with Crippen molar-refractivity contribution < 1.29 is 0 Å². The third kappa shape index (κ3) is 4.59. The Labute approximate surface area is 122 Å². The predicted molar refractivity (Wildman–Crippen MR) is 81.5 cm³/mol. The van der Waals surface area contributed by atoms with Gasteiger partial charge in [-0.1, -0.05) is 0 Å². The van der Waals surface area contributed by atoms with Gasteiger partial charge in [-0.15, -0.1) is 0 Å². The van der Waals surface area contributed by atoms with Gasteiger partial charge in [-0.05, 0) is 43.9 Å². The lowest BCUT2D eigenvalue weighted by Crippen LogP contribution is -2.40. The van der Waals surface area contributed by atoms with Crippen molar-refractivity contribution in [2.24, 2.45) is 5.73 Å². The summed E-state index contributed by atoms with van der Waals surface area (Å²) < 4.78 is 1.94. The van der Waals surface area contributed by atoms with Crippen LogP contribution >= 0.6 is 15.9 Å². The number of hydrogen-bond acceptors (Lipinski definition) is 5. The van der Waals surface area contributed by atoms with E-state index in [1.54, 1.807) is 6.20 Å². The zero-order valence-electron chi connectivity index (χ0n) is 11.9. The smallest absolute Gasteiger partial charge is 0.283 e. The summed E-state index contributed by atoms with van der Waals surface area (Å²) in [5.41, 5.74) is 5.91. The van der Waals surface area contributed by atoms with Crippen LogP contribution in [0.4, 0.5) is 5.69 Å². The summed E-state index contributed by atoms with van der Waals surface area (Å²) in [4.78, 5) is 14.1. The molecule has 0 fully saturated rings. The number of rotatable bonds is 6. The van der Waals surface area contributed by atoms with Crippen molar-refractivity contribution in [2.75, 3.05) is 32.5 Å². The van der Waals surface area contributed by atoms with E-state index in [2.05, 4.69) is 26.3 Å². The number of nitrogens with zero attached hydrogens (tertiary/aromatic N) is 3. The van der Waals surface area contributed by atoms with Gasteiger partial charge in [0.2, 0.25) is 0 Å². The number of halogens is 1. The van der Waals surface area contributed by atoms with Gasteiger partial charge in [-0.3, -0.25) is 4.79 Å². The van der Waals surface area contributed by atoms with Crippen molar-refractivity contribution in [2.45, 2.75) is 25.9 Å². The predicted octanol–water partition coefficient (Wildman–Crippen LogP) is 0.717. The number of anilines is 1. The van der Waals surface area contributed by atoms with Crippen LogP contribution in [0.3, 0.4) is 0 Å². The van der Waals surface area contributed by atoms with Gasteiger partial charge in [0, 0.05) is 18.6 Å². The van der Waals surface area contributed by atoms with Crippen molar-refractivity contribution in [1.29, 1.82) is 0 Å². The molecule has 108 valence electrons. The lowest BCUT2D eigenvalue weighted by Gasteiger charge is -2.26. The molecule has 1 rings (SSSR count). The van der Waals surface area contributed by atoms with Crippen LogP contribution in [0.1, 0.15) is 13.8 Å². The minimum absolute atomic E-state index is 0.139. The van der Waals surface area contributed by atoms with Gasteiger partial charge in [0.05, 0.1) is 18.4 Å². The Bertz CT molecular complexity index is 483. The fourth-order valence-corrected chi connectivity index (χ4v) is 1.83. The monoisotopic (exact) mass is 331 g/mol. The highest BCUT2D eigenvalue weighted by Crippen LogP contribution is 2.20. The van der Waals surface area contributed by atoms with E-state index in [0.717, 1.165) is 6.54 Å². The Hall–Kier alpha value is -0.920. The average Bonchev–Trinajstić information content (AvgIpc) is 2.34. The molecule has 6 nitrogen and oxygen atoms in total. The van der Waals surface area contributed by atoms with E-state index in [4.69, 9.17) is 5.73 Å². The van der Waals surface area contributed by atoms with Crippen LogP contribution in [0.15, 0.2) is 15.5 Å². The second-order valence-corrected chi connectivity index (χ2v) is 6.21. The molecule has 0 aliphatic heterocycles. The van der Waals surface area contributed by atoms with Gasteiger partial charge in [0.1, 0.15) is 4.47 Å². The van der Waals surface area contributed by atoms with E-state index in [1.165, 1.54) is 4.68 Å². The highest BCUT2D eigenvalue weighted by molar-refractivity contribution is 9.10. The maximum Gasteiger partial charge on any atom is 0.283 e. The number of nitrogens with two attached hydrogens (primary N) is 1. The van der Waals surface area contributed by atoms with Crippen LogP contribution < -0.4 is 16.6 Å². The summed E-state index contributed by atoms with van der Waals surface area (Å²) in [6, 6.07) is 0. The standard InChI is InChI=1S/C12H22BrN5O/c1-12(2,8-14)16-9-7-15-18(6-5-17(3)4)11(19)10(9)13/h7,16H,5-6,8,14H2,1-4H3. The first-order valence-electron chi connectivity index (χ1n) is 6.15. The lowest BCUT2D eigenvalue weighted by atomic mass is 10.1. The molecule has 1 aromatic heterocycles. The lowest BCUT2D eigenvalue weighted by molar-refractivity contribution is 0.367. The molecule has 7 heteroatoms. The molecule has 0 bridgehead atoms. The van der Waals surface area contributed by atoms with E-state index in [-0.39, 0.29) is 11.1 Å². The molecule has 0 aliphatic rings. The fraction of sp³-hybridized carbons (Fsp3) is 0.667. The molecule has 0 aromatic carbocycles. The zero-order valence-corrected chi connectivity index (χ0v) is 13.5. The van der Waals surface area contributed by atoms with Gasteiger partial charge in [-0.25, -0.2) is 4.68 Å². The maximum atomic E-state index is 12.1. The summed E-state index contributed by atoms with van der Waals surface area (Å²) in [6.07, 6.45) is 1.65. The van der Waals surface area contributed by atoms with Crippen molar-refractivity contribution in [3.05, 3.63) is 21.0 Å². The average molecular weight is 332 g/mol. The van der Waals surface area contributed by atoms with Gasteiger partial charge in [0.15, 0.2) is 0 Å². The Morgan fingerprint density at radius 2 is 2.16 bits per heavy atom. The second kappa shape index (κ2) is 6.49. The number of nitrogens with one attached hydrogen (secondary N) is 1. The van der Waals surface area contributed by atoms with Gasteiger partial charge < -0.3 is 16.0 Å². The molecule has 19 heavy (non-hydrogen) atoms. The molecule has 1 heterocycles. The first-order valence-corrected chi connectivity index (χ1v) is 6.95. The SMILES string of the molecule is CN(C)CCn1ncc(NC(C)(C)CN)c(Br)c1=O. The van der Waals surface area contributed by atoms with E-state index < -0.39 is 0 Å². The topological polar surface area (TPSA) is 76.2 Å². The van der Waals surface area contributed by atoms with Gasteiger partial charge in [0.25, 0.3) is 5.56 Å². The summed E-state index contributed by atoms with van der Waals surface area (Å²) in [7, 11) is 3.92. The molecule has 0 spiro atoms. The van der Waals surface area contributed by atoms with Crippen LogP contribution in [-0.4, -0.2) is 47.4 Å². The van der Waals surface area contributed by atoms with Gasteiger partial charge >= 0.3 is 0 Å². The third-order valence-electron chi connectivity index (χ3n) is 2.73. The van der Waals surface area contributed by atoms with Crippen molar-refractivity contribution in [3.63, 3.8) is 0 Å². The zero-order chi connectivity index (χ0) is 14.6. The van der Waals surface area contributed by atoms with Crippen LogP contribution in [0.25, 0.3) is 0 Å². The second-order valence-electron chi connectivity index (χ2n) is 5.42. The summed E-state index contributed by atoms with van der Waals surface area (Å²) in [5.74, 6) is 0. The molecule has 1 aromatic rings. The molecule has 0 unspecified atom stereocenters. The minimum Gasteiger partial charge on any atom is -0.377 e. The molecule has 0 saturated heterocycles. The van der Waals surface area contributed by atoms with Crippen molar-refractivity contribution in [1.82, 2.24) is 14.7 Å². The molecular weight excluding hydrogens is 310 g/mol. The summed E-state index contributed by atoms with van der Waals surface area (Å²) >= 11 is 3.33. The Morgan fingerprint density at radius 3 is 2.68 bits per heavy atom. The molecule has 0 amide bonds. The number of aromatic nitrogens is 2. The first-order chi connectivity index (χ1) is 8.76. The number of likely N-dealkylation sites (N-methyl/N-ethyl adjacent to an activating group) is 1. The van der Waals surface area contributed by atoms with Crippen molar-refractivity contribution >= 4 is 21.6 Å². The molecular formula is C12H22BrN5O. The highest BCUT2D eigenvalue weighted by atomic mass is 79.9. The summed E-state index contributed by atoms with van der Waals surface area (Å²) in [6.45, 7) is 5.72. The normalized spacial score (nSPS) is 11.9. The van der Waals surface area contributed by atoms with Crippen LogP contribution in [0.5, 0.6) is 0 Å². The van der Waals surface area contributed by atoms with E-state index in [1.807, 2.05) is 32.8 Å². The fourth-order valence-electron chi connectivity index (χ4n) is 1.42. The Morgan fingerprint density at radius 1 is 1.53 bits per heavy atom. The maximum absolute atomic E-state index is 12.1. The largest absolute Gasteiger partial charge is 0.377 e. The van der Waals surface area contributed by atoms with E-state index >= 15 is 0 Å². The van der Waals surface area contributed by atoms with Crippen LogP contribution in [0.2, 0.25) is 0 Å². The summed E-state index contributed by atoms with van der Waals surface area (Å²) in [5, 5.41) is 7.38. The Balaban J connectivity index is 2.95. The van der Waals surface area contributed by atoms with Crippen LogP contribution in [-0.2, 0) is 6.54 Å². The van der Waals surface area contributed by atoms with Crippen LogP contribution in [0, 0.1) is 0 Å². The van der Waals surface area contributed by atoms with Crippen molar-refractivity contribution in [3.8, 4) is 0 Å². The van der Waals surface area contributed by atoms with E-state index in [0.29, 0.717) is 23.2 Å². The molecule has 0 aliphatic carbocycles. The number of hydrogen-bond donors (Lipinski definition) is 2. The minimum atomic E-state index is -0.285. The van der Waals surface area contributed by atoms with Gasteiger partial charge in [-0.2, -0.15) is 5.10 Å². The molecule has 0 radical (unpaired) electrons. The Kier molecular flexibility index (Phi) is 5.51. The molecule has 0 saturated carbocycles. The quantitative estimate of drug-likeness (QED) is 0.803. The molecule has 0 atom stereocenters. The van der Waals surface area contributed by atoms with E-state index in [9.17, 15) is 4.79 Å².